The lowest BCUT2D eigenvalue weighted by molar-refractivity contribution is 0.251. The first-order valence-corrected chi connectivity index (χ1v) is 4.43. The van der Waals surface area contributed by atoms with Crippen LogP contribution in [0, 0.1) is 0 Å². The van der Waals surface area contributed by atoms with Crippen molar-refractivity contribution in [2.24, 2.45) is 0 Å². The van der Waals surface area contributed by atoms with Crippen molar-refractivity contribution in [3.8, 4) is 0 Å². The van der Waals surface area contributed by atoms with E-state index in [2.05, 4.69) is 10.6 Å². The second-order valence-electron chi connectivity index (χ2n) is 3.41. The molecule has 2 atom stereocenters. The summed E-state index contributed by atoms with van der Waals surface area (Å²) < 4.78 is 0. The van der Waals surface area contributed by atoms with Crippen molar-refractivity contribution < 1.29 is 0 Å². The minimum Gasteiger partial charge on any atom is -0.311 e. The molecule has 2 nitrogen and oxygen atoms in total. The molecule has 2 heteroatoms. The van der Waals surface area contributed by atoms with Gasteiger partial charge in [0, 0.05) is 25.2 Å². The van der Waals surface area contributed by atoms with Gasteiger partial charge in [0.2, 0.25) is 0 Å². The van der Waals surface area contributed by atoms with Crippen molar-refractivity contribution in [3.63, 3.8) is 0 Å². The zero-order chi connectivity index (χ0) is 6.81. The Bertz CT molecular complexity index is 87.8. The summed E-state index contributed by atoms with van der Waals surface area (Å²) in [6.45, 7) is 2.34. The number of nitrogens with one attached hydrogen (secondary N) is 2. The molecule has 10 heavy (non-hydrogen) atoms. The van der Waals surface area contributed by atoms with Gasteiger partial charge in [-0.3, -0.25) is 0 Å². The van der Waals surface area contributed by atoms with E-state index in [0.29, 0.717) is 0 Å². The maximum Gasteiger partial charge on any atom is 0.0221 e. The van der Waals surface area contributed by atoms with Gasteiger partial charge in [-0.2, -0.15) is 0 Å². The molecule has 1 saturated carbocycles. The van der Waals surface area contributed by atoms with Gasteiger partial charge in [0.1, 0.15) is 0 Å². The molecule has 2 unspecified atom stereocenters. The van der Waals surface area contributed by atoms with Gasteiger partial charge < -0.3 is 10.6 Å². The van der Waals surface area contributed by atoms with Crippen LogP contribution in [-0.4, -0.2) is 25.2 Å². The predicted molar refractivity (Wildman–Crippen MR) is 42.0 cm³/mol. The minimum absolute atomic E-state index is 0.794. The lowest BCUT2D eigenvalue weighted by Crippen LogP contribution is -2.56. The second-order valence-corrected chi connectivity index (χ2v) is 3.41. The molecule has 0 aromatic carbocycles. The number of hydrogen-bond donors (Lipinski definition) is 2. The van der Waals surface area contributed by atoms with Crippen molar-refractivity contribution in [3.05, 3.63) is 0 Å². The third-order valence-electron chi connectivity index (χ3n) is 2.70. The quantitative estimate of drug-likeness (QED) is 0.511. The van der Waals surface area contributed by atoms with E-state index in [-0.39, 0.29) is 0 Å². The van der Waals surface area contributed by atoms with Crippen molar-refractivity contribution in [1.82, 2.24) is 10.6 Å². The van der Waals surface area contributed by atoms with E-state index < -0.39 is 0 Å². The van der Waals surface area contributed by atoms with Crippen molar-refractivity contribution in [2.75, 3.05) is 13.1 Å². The second kappa shape index (κ2) is 2.89. The Kier molecular flexibility index (Phi) is 1.91. The van der Waals surface area contributed by atoms with Gasteiger partial charge in [-0.15, -0.1) is 0 Å². The summed E-state index contributed by atoms with van der Waals surface area (Å²) in [7, 11) is 0. The maximum absolute atomic E-state index is 3.56. The highest BCUT2D eigenvalue weighted by Gasteiger charge is 2.26. The van der Waals surface area contributed by atoms with Crippen LogP contribution in [0.4, 0.5) is 0 Å². The number of rotatable bonds is 0. The lowest BCUT2D eigenvalue weighted by atomic mass is 9.89. The van der Waals surface area contributed by atoms with Gasteiger partial charge in [0.05, 0.1) is 0 Å². The van der Waals surface area contributed by atoms with Crippen LogP contribution in [0.15, 0.2) is 0 Å². The minimum atomic E-state index is 0.794. The molecule has 1 heterocycles. The van der Waals surface area contributed by atoms with Crippen LogP contribution in [-0.2, 0) is 0 Å². The van der Waals surface area contributed by atoms with Crippen molar-refractivity contribution in [2.45, 2.75) is 37.8 Å². The Morgan fingerprint density at radius 3 is 1.80 bits per heavy atom. The third kappa shape index (κ3) is 1.18. The predicted octanol–water partition coefficient (Wildman–Crippen LogP) is 0.490. The van der Waals surface area contributed by atoms with E-state index in [1.165, 1.54) is 38.8 Å². The van der Waals surface area contributed by atoms with Crippen LogP contribution in [0.1, 0.15) is 25.7 Å². The van der Waals surface area contributed by atoms with Crippen LogP contribution in [0.25, 0.3) is 0 Å². The fraction of sp³-hybridized carbons (Fsp3) is 1.00. The molecule has 2 aliphatic rings. The standard InChI is InChI=1S/C8H16N2/c1-2-4-8-7(3-1)9-5-6-10-8/h7-10H,1-6H2. The Balaban J connectivity index is 1.93. The summed E-state index contributed by atoms with van der Waals surface area (Å²) in [5.41, 5.74) is 0. The van der Waals surface area contributed by atoms with Gasteiger partial charge in [0.25, 0.3) is 0 Å². The van der Waals surface area contributed by atoms with Gasteiger partial charge in [-0.05, 0) is 12.8 Å². The number of piperazine rings is 1. The molecule has 58 valence electrons. The number of fused-ring (bicyclic) bond motifs is 1. The molecular formula is C8H16N2. The fourth-order valence-electron chi connectivity index (χ4n) is 2.13. The zero-order valence-corrected chi connectivity index (χ0v) is 6.40. The van der Waals surface area contributed by atoms with E-state index in [4.69, 9.17) is 0 Å². The Morgan fingerprint density at radius 2 is 1.30 bits per heavy atom. The Hall–Kier alpha value is -0.0800. The van der Waals surface area contributed by atoms with E-state index >= 15 is 0 Å². The Morgan fingerprint density at radius 1 is 0.800 bits per heavy atom. The molecule has 0 amide bonds. The van der Waals surface area contributed by atoms with Crippen LogP contribution >= 0.6 is 0 Å². The largest absolute Gasteiger partial charge is 0.311 e. The summed E-state index contributed by atoms with van der Waals surface area (Å²) in [5.74, 6) is 0. The van der Waals surface area contributed by atoms with Crippen LogP contribution in [0.2, 0.25) is 0 Å². The van der Waals surface area contributed by atoms with Crippen molar-refractivity contribution >= 4 is 0 Å². The molecule has 0 bridgehead atoms. The molecule has 1 aliphatic heterocycles. The summed E-state index contributed by atoms with van der Waals surface area (Å²) in [6, 6.07) is 1.59. The molecule has 0 aromatic rings. The number of hydrogen-bond acceptors (Lipinski definition) is 2. The van der Waals surface area contributed by atoms with E-state index in [1.54, 1.807) is 0 Å². The molecule has 0 aromatic heterocycles. The lowest BCUT2D eigenvalue weighted by Gasteiger charge is -2.37. The molecule has 1 aliphatic carbocycles. The molecule has 0 spiro atoms. The first kappa shape index (κ1) is 6.62. The summed E-state index contributed by atoms with van der Waals surface area (Å²) in [6.07, 6.45) is 5.63. The fourth-order valence-corrected chi connectivity index (χ4v) is 2.13. The topological polar surface area (TPSA) is 24.1 Å². The van der Waals surface area contributed by atoms with Crippen LogP contribution in [0.5, 0.6) is 0 Å². The van der Waals surface area contributed by atoms with Gasteiger partial charge in [0.15, 0.2) is 0 Å². The first-order valence-electron chi connectivity index (χ1n) is 4.43. The monoisotopic (exact) mass is 140 g/mol. The molecular weight excluding hydrogens is 124 g/mol. The van der Waals surface area contributed by atoms with Crippen molar-refractivity contribution in [1.29, 1.82) is 0 Å². The highest BCUT2D eigenvalue weighted by atomic mass is 15.1. The molecule has 0 radical (unpaired) electrons. The van der Waals surface area contributed by atoms with Gasteiger partial charge in [-0.1, -0.05) is 12.8 Å². The average molecular weight is 140 g/mol. The van der Waals surface area contributed by atoms with Gasteiger partial charge in [-0.25, -0.2) is 0 Å². The highest BCUT2D eigenvalue weighted by molar-refractivity contribution is 4.89. The summed E-state index contributed by atoms with van der Waals surface area (Å²) in [5, 5.41) is 7.12. The Labute approximate surface area is 62.4 Å². The average Bonchev–Trinajstić information content (AvgIpc) is 2.05. The van der Waals surface area contributed by atoms with Crippen LogP contribution in [0.3, 0.4) is 0 Å². The summed E-state index contributed by atoms with van der Waals surface area (Å²) in [4.78, 5) is 0. The van der Waals surface area contributed by atoms with E-state index in [9.17, 15) is 0 Å². The van der Waals surface area contributed by atoms with Gasteiger partial charge >= 0.3 is 0 Å². The SMILES string of the molecule is C1CCC2NCCNC2C1. The van der Waals surface area contributed by atoms with Crippen LogP contribution < -0.4 is 10.6 Å². The molecule has 1 saturated heterocycles. The van der Waals surface area contributed by atoms with E-state index in [1.807, 2.05) is 0 Å². The zero-order valence-electron chi connectivity index (χ0n) is 6.40. The first-order chi connectivity index (χ1) is 4.97. The molecule has 2 fully saturated rings. The molecule has 2 rings (SSSR count). The smallest absolute Gasteiger partial charge is 0.0221 e. The maximum atomic E-state index is 3.56. The summed E-state index contributed by atoms with van der Waals surface area (Å²) >= 11 is 0. The highest BCUT2D eigenvalue weighted by Crippen LogP contribution is 2.19. The van der Waals surface area contributed by atoms with E-state index in [0.717, 1.165) is 12.1 Å². The molecule has 2 N–H and O–H groups in total. The normalized spacial score (nSPS) is 40.8. The third-order valence-corrected chi connectivity index (χ3v) is 2.70.